The van der Waals surface area contributed by atoms with Gasteiger partial charge in [0.2, 0.25) is 0 Å². The molecule has 0 aliphatic carbocycles. The average molecular weight is 690 g/mol. The maximum absolute atomic E-state index is 12.8. The second kappa shape index (κ2) is 18.0. The summed E-state index contributed by atoms with van der Waals surface area (Å²) in [7, 11) is -5.50. The zero-order chi connectivity index (χ0) is 34.6. The molecule has 0 aliphatic rings. The lowest BCUT2D eigenvalue weighted by atomic mass is 10.2. The Morgan fingerprint density at radius 3 is 1.26 bits per heavy atom. The Labute approximate surface area is 275 Å². The summed E-state index contributed by atoms with van der Waals surface area (Å²) in [6.07, 6.45) is 1.12. The van der Waals surface area contributed by atoms with E-state index in [4.69, 9.17) is 15.1 Å². The molecule has 3 amide bonds. The Morgan fingerprint density at radius 1 is 0.660 bits per heavy atom. The molecule has 3 unspecified atom stereocenters. The lowest BCUT2D eigenvalue weighted by Crippen LogP contribution is -2.37. The monoisotopic (exact) mass is 689 g/mol. The topological polar surface area (TPSA) is 201 Å². The molecule has 6 N–H and O–H groups in total. The summed E-state index contributed by atoms with van der Waals surface area (Å²) >= 11 is 0. The van der Waals surface area contributed by atoms with E-state index in [0.717, 1.165) is 15.9 Å². The van der Waals surface area contributed by atoms with Crippen molar-refractivity contribution in [2.24, 2.45) is 0 Å². The molecule has 13 nitrogen and oxygen atoms in total. The maximum Gasteiger partial charge on any atom is 0.266 e. The van der Waals surface area contributed by atoms with Crippen molar-refractivity contribution in [1.82, 2.24) is 16.0 Å². The first-order valence-corrected chi connectivity index (χ1v) is 17.8. The SMILES string of the molecule is CCC(COO)NC(=O)c1ccc(P(c2ccc(C(=O)NC(C)CS(=O)(=O)O)cc2)c2ccc(C(=O)NC(CC)COO)cc2)cc1. The first-order valence-electron chi connectivity index (χ1n) is 14.9. The number of benzene rings is 3. The minimum absolute atomic E-state index is 0.0403. The molecule has 0 saturated carbocycles. The van der Waals surface area contributed by atoms with Gasteiger partial charge in [-0.3, -0.25) is 29.5 Å². The number of rotatable bonds is 17. The number of nitrogens with one attached hydrogen (secondary N) is 3. The molecule has 47 heavy (non-hydrogen) atoms. The Balaban J connectivity index is 1.92. The quantitative estimate of drug-likeness (QED) is 0.0529. The molecule has 3 aromatic carbocycles. The highest BCUT2D eigenvalue weighted by Gasteiger charge is 2.21. The first kappa shape index (κ1) is 37.7. The van der Waals surface area contributed by atoms with Gasteiger partial charge in [-0.15, -0.1) is 0 Å². The molecule has 0 heterocycles. The summed E-state index contributed by atoms with van der Waals surface area (Å²) in [6.45, 7) is 5.10. The van der Waals surface area contributed by atoms with Crippen molar-refractivity contribution in [1.29, 1.82) is 0 Å². The normalized spacial score (nSPS) is 14.0. The van der Waals surface area contributed by atoms with Crippen LogP contribution in [0.4, 0.5) is 0 Å². The number of hydrogen-bond donors (Lipinski definition) is 6. The molecule has 0 fully saturated rings. The van der Waals surface area contributed by atoms with E-state index < -0.39 is 35.7 Å². The largest absolute Gasteiger partial charge is 0.348 e. The molecule has 0 bridgehead atoms. The zero-order valence-electron chi connectivity index (χ0n) is 26.3. The van der Waals surface area contributed by atoms with E-state index in [1.165, 1.54) is 6.92 Å². The minimum Gasteiger partial charge on any atom is -0.348 e. The molecule has 254 valence electrons. The van der Waals surface area contributed by atoms with Gasteiger partial charge in [0.1, 0.15) is 13.2 Å². The number of hydrogen-bond acceptors (Lipinski definition) is 9. The summed E-state index contributed by atoms with van der Waals surface area (Å²) in [5.41, 5.74) is 1.12. The van der Waals surface area contributed by atoms with Crippen LogP contribution in [0.2, 0.25) is 0 Å². The van der Waals surface area contributed by atoms with Crippen molar-refractivity contribution in [2.45, 2.75) is 51.7 Å². The number of carbonyl (C=O) groups excluding carboxylic acids is 3. The van der Waals surface area contributed by atoms with Crippen molar-refractivity contribution < 1.29 is 47.6 Å². The summed E-state index contributed by atoms with van der Waals surface area (Å²) < 4.78 is 31.4. The third-order valence-corrected chi connectivity index (χ3v) is 10.6. The van der Waals surface area contributed by atoms with E-state index in [-0.39, 0.29) is 37.1 Å². The van der Waals surface area contributed by atoms with Gasteiger partial charge < -0.3 is 16.0 Å². The average Bonchev–Trinajstić information content (AvgIpc) is 3.04. The van der Waals surface area contributed by atoms with Crippen LogP contribution in [-0.4, -0.2) is 78.3 Å². The highest BCUT2D eigenvalue weighted by atomic mass is 32.2. The number of amides is 3. The summed E-state index contributed by atoms with van der Waals surface area (Å²) in [5.74, 6) is -1.77. The van der Waals surface area contributed by atoms with Crippen molar-refractivity contribution in [2.75, 3.05) is 19.0 Å². The molecule has 0 saturated heterocycles. The van der Waals surface area contributed by atoms with Gasteiger partial charge in [-0.05, 0) is 80.0 Å². The number of carbonyl (C=O) groups is 3. The van der Waals surface area contributed by atoms with Crippen LogP contribution < -0.4 is 31.9 Å². The van der Waals surface area contributed by atoms with E-state index in [2.05, 4.69) is 25.7 Å². The van der Waals surface area contributed by atoms with Crippen LogP contribution in [-0.2, 0) is 19.9 Å². The molecular weight excluding hydrogens is 649 g/mol. The van der Waals surface area contributed by atoms with Gasteiger partial charge in [-0.25, -0.2) is 9.78 Å². The first-order chi connectivity index (χ1) is 22.4. The summed E-state index contributed by atoms with van der Waals surface area (Å²) in [4.78, 5) is 46.8. The van der Waals surface area contributed by atoms with E-state index in [1.807, 2.05) is 38.1 Å². The van der Waals surface area contributed by atoms with Gasteiger partial charge in [-0.2, -0.15) is 8.42 Å². The fourth-order valence-electron chi connectivity index (χ4n) is 4.64. The van der Waals surface area contributed by atoms with Gasteiger partial charge in [-0.1, -0.05) is 50.2 Å². The van der Waals surface area contributed by atoms with Crippen molar-refractivity contribution >= 4 is 51.7 Å². The second-order valence-corrected chi connectivity index (χ2v) is 14.6. The predicted molar refractivity (Wildman–Crippen MR) is 179 cm³/mol. The van der Waals surface area contributed by atoms with Gasteiger partial charge in [0, 0.05) is 22.7 Å². The van der Waals surface area contributed by atoms with E-state index in [0.29, 0.717) is 29.5 Å². The zero-order valence-corrected chi connectivity index (χ0v) is 28.0. The van der Waals surface area contributed by atoms with Crippen LogP contribution in [0.3, 0.4) is 0 Å². The standard InChI is InChI=1S/C32H40N3O10PS/c1-4-25(18-44-39)34-31(37)23-8-14-28(15-9-23)46(29-16-10-24(11-17-29)32(38)35-26(5-2)19-45-40)27-12-6-22(7-13-27)30(36)33-21(3)20-47(41,42)43/h6-17,21,25-26,39-40H,4-5,18-20H2,1-3H3,(H,33,36)(H,34,37)(H,35,38)(H,41,42,43). The second-order valence-electron chi connectivity index (χ2n) is 10.8. The molecule has 0 aromatic heterocycles. The van der Waals surface area contributed by atoms with Crippen LogP contribution in [0.1, 0.15) is 64.7 Å². The third kappa shape index (κ3) is 11.5. The van der Waals surface area contributed by atoms with Crippen LogP contribution >= 0.6 is 7.92 Å². The smallest absolute Gasteiger partial charge is 0.266 e. The van der Waals surface area contributed by atoms with Crippen molar-refractivity contribution in [3.05, 3.63) is 89.5 Å². The van der Waals surface area contributed by atoms with E-state index in [1.54, 1.807) is 48.5 Å². The summed E-state index contributed by atoms with van der Waals surface area (Å²) in [5, 5.41) is 28.4. The van der Waals surface area contributed by atoms with Gasteiger partial charge in [0.25, 0.3) is 27.8 Å². The fraction of sp³-hybridized carbons (Fsp3) is 0.344. The van der Waals surface area contributed by atoms with Gasteiger partial charge in [0.15, 0.2) is 0 Å². The highest BCUT2D eigenvalue weighted by molar-refractivity contribution is 7.85. The molecule has 3 aromatic rings. The van der Waals surface area contributed by atoms with E-state index >= 15 is 0 Å². The van der Waals surface area contributed by atoms with Crippen LogP contribution in [0.15, 0.2) is 72.8 Å². The highest BCUT2D eigenvalue weighted by Crippen LogP contribution is 2.33. The summed E-state index contributed by atoms with van der Waals surface area (Å²) in [6, 6.07) is 19.4. The van der Waals surface area contributed by atoms with Crippen LogP contribution in [0.5, 0.6) is 0 Å². The lowest BCUT2D eigenvalue weighted by Gasteiger charge is -2.21. The Kier molecular flexibility index (Phi) is 14.4. The molecule has 3 atom stereocenters. The van der Waals surface area contributed by atoms with E-state index in [9.17, 15) is 22.8 Å². The fourth-order valence-corrected chi connectivity index (χ4v) is 7.59. The Morgan fingerprint density at radius 2 is 0.979 bits per heavy atom. The Bertz CT molecular complexity index is 1520. The molecule has 3 rings (SSSR count). The molecule has 0 aliphatic heterocycles. The minimum atomic E-state index is -4.26. The van der Waals surface area contributed by atoms with Gasteiger partial charge in [0.05, 0.1) is 17.8 Å². The maximum atomic E-state index is 12.8. The Hall–Kier alpha value is -3.75. The van der Waals surface area contributed by atoms with Crippen molar-refractivity contribution in [3.63, 3.8) is 0 Å². The van der Waals surface area contributed by atoms with Gasteiger partial charge >= 0.3 is 0 Å². The van der Waals surface area contributed by atoms with Crippen LogP contribution in [0.25, 0.3) is 0 Å². The lowest BCUT2D eigenvalue weighted by molar-refractivity contribution is -0.246. The molecule has 15 heteroatoms. The molecule has 0 spiro atoms. The van der Waals surface area contributed by atoms with Crippen LogP contribution in [0, 0.1) is 0 Å². The predicted octanol–water partition coefficient (Wildman–Crippen LogP) is 2.45. The molecule has 0 radical (unpaired) electrons. The van der Waals surface area contributed by atoms with Crippen molar-refractivity contribution in [3.8, 4) is 0 Å². The third-order valence-electron chi connectivity index (χ3n) is 7.21. The molecular formula is C32H40N3O10PS.